The molecule has 15 heavy (non-hydrogen) atoms. The topological polar surface area (TPSA) is 46.2 Å². The first kappa shape index (κ1) is 12.8. The van der Waals surface area contributed by atoms with Gasteiger partial charge in [-0.3, -0.25) is 0 Å². The van der Waals surface area contributed by atoms with Gasteiger partial charge in [-0.05, 0) is 24.5 Å². The molecule has 84 valence electrons. The Labute approximate surface area is 104 Å². The summed E-state index contributed by atoms with van der Waals surface area (Å²) in [6.07, 6.45) is 0.812. The average Bonchev–Trinajstić information content (AvgIpc) is 2.11. The van der Waals surface area contributed by atoms with Crippen LogP contribution in [0, 0.1) is 5.92 Å². The molecule has 0 aliphatic carbocycles. The van der Waals surface area contributed by atoms with Crippen LogP contribution in [0.25, 0.3) is 0 Å². The summed E-state index contributed by atoms with van der Waals surface area (Å²) in [6, 6.07) is 3.25. The van der Waals surface area contributed by atoms with E-state index in [0.29, 0.717) is 16.5 Å². The number of halogens is 2. The van der Waals surface area contributed by atoms with Gasteiger partial charge in [0.1, 0.15) is 5.75 Å². The third-order valence-corrected chi connectivity index (χ3v) is 3.21. The zero-order valence-electron chi connectivity index (χ0n) is 8.80. The van der Waals surface area contributed by atoms with Crippen molar-refractivity contribution >= 4 is 27.5 Å². The highest BCUT2D eigenvalue weighted by atomic mass is 79.9. The van der Waals surface area contributed by atoms with Gasteiger partial charge in [0, 0.05) is 16.1 Å². The maximum atomic E-state index is 9.82. The fraction of sp³-hybridized carbons (Fsp3) is 0.455. The lowest BCUT2D eigenvalue weighted by Gasteiger charge is -2.18. The smallest absolute Gasteiger partial charge is 0.140 e. The van der Waals surface area contributed by atoms with Crippen LogP contribution in [0.15, 0.2) is 16.6 Å². The number of phenolic OH excluding ortho intramolecular Hbond substituents is 1. The fourth-order valence-corrected chi connectivity index (χ4v) is 2.31. The number of benzene rings is 1. The lowest BCUT2D eigenvalue weighted by atomic mass is 9.97. The maximum Gasteiger partial charge on any atom is 0.140 e. The summed E-state index contributed by atoms with van der Waals surface area (Å²) in [7, 11) is 0. The molecule has 0 fully saturated rings. The monoisotopic (exact) mass is 291 g/mol. The van der Waals surface area contributed by atoms with Crippen molar-refractivity contribution in [3.05, 3.63) is 27.2 Å². The number of phenols is 1. The average molecular weight is 293 g/mol. The highest BCUT2D eigenvalue weighted by molar-refractivity contribution is 9.10. The molecule has 0 unspecified atom stereocenters. The van der Waals surface area contributed by atoms with Crippen LogP contribution in [-0.2, 0) is 0 Å². The van der Waals surface area contributed by atoms with Crippen LogP contribution in [0.2, 0.25) is 5.02 Å². The lowest BCUT2D eigenvalue weighted by Crippen LogP contribution is -2.13. The minimum Gasteiger partial charge on any atom is -0.506 e. The number of nitrogens with two attached hydrogens (primary N) is 1. The zero-order valence-corrected chi connectivity index (χ0v) is 11.1. The predicted octanol–water partition coefficient (Wildman–Crippen LogP) is 3.85. The van der Waals surface area contributed by atoms with Gasteiger partial charge in [0.25, 0.3) is 0 Å². The third-order valence-electron chi connectivity index (χ3n) is 2.21. The predicted molar refractivity (Wildman–Crippen MR) is 67.2 cm³/mol. The molecule has 3 N–H and O–H groups in total. The largest absolute Gasteiger partial charge is 0.506 e. The molecule has 0 saturated carbocycles. The normalized spacial score (nSPS) is 13.2. The molecule has 0 bridgehead atoms. The van der Waals surface area contributed by atoms with E-state index in [4.69, 9.17) is 17.3 Å². The van der Waals surface area contributed by atoms with Crippen molar-refractivity contribution in [1.29, 1.82) is 0 Å². The molecular formula is C11H15BrClNO. The molecule has 4 heteroatoms. The molecule has 1 atom stereocenters. The van der Waals surface area contributed by atoms with Gasteiger partial charge >= 0.3 is 0 Å². The minimum absolute atomic E-state index is 0.0826. The lowest BCUT2D eigenvalue weighted by molar-refractivity contribution is 0.444. The van der Waals surface area contributed by atoms with Crippen molar-refractivity contribution in [1.82, 2.24) is 0 Å². The molecule has 0 aliphatic heterocycles. The summed E-state index contributed by atoms with van der Waals surface area (Å²) in [5, 5.41) is 10.2. The fourth-order valence-electron chi connectivity index (χ4n) is 1.54. The molecule has 0 aliphatic rings. The Hall–Kier alpha value is -0.250. The van der Waals surface area contributed by atoms with Crippen LogP contribution in [0.1, 0.15) is 31.9 Å². The molecule has 0 saturated heterocycles. The summed E-state index contributed by atoms with van der Waals surface area (Å²) in [6.45, 7) is 4.19. The van der Waals surface area contributed by atoms with E-state index in [1.807, 2.05) is 0 Å². The Bertz CT molecular complexity index is 355. The van der Waals surface area contributed by atoms with E-state index in [0.717, 1.165) is 10.9 Å². The van der Waals surface area contributed by atoms with E-state index < -0.39 is 0 Å². The van der Waals surface area contributed by atoms with E-state index >= 15 is 0 Å². The van der Waals surface area contributed by atoms with Crippen molar-refractivity contribution in [3.63, 3.8) is 0 Å². The highest BCUT2D eigenvalue weighted by Gasteiger charge is 2.17. The molecule has 0 radical (unpaired) electrons. The highest BCUT2D eigenvalue weighted by Crippen LogP contribution is 2.38. The molecule has 0 heterocycles. The first-order valence-corrected chi connectivity index (χ1v) is 6.03. The summed E-state index contributed by atoms with van der Waals surface area (Å²) in [4.78, 5) is 0. The quantitative estimate of drug-likeness (QED) is 0.889. The van der Waals surface area contributed by atoms with Crippen molar-refractivity contribution in [3.8, 4) is 5.75 Å². The van der Waals surface area contributed by atoms with Crippen LogP contribution in [-0.4, -0.2) is 5.11 Å². The summed E-state index contributed by atoms with van der Waals surface area (Å²) >= 11 is 9.21. The molecular weight excluding hydrogens is 277 g/mol. The van der Waals surface area contributed by atoms with Crippen LogP contribution in [0.3, 0.4) is 0 Å². The van der Waals surface area contributed by atoms with Gasteiger partial charge in [-0.2, -0.15) is 0 Å². The van der Waals surface area contributed by atoms with Crippen LogP contribution >= 0.6 is 27.5 Å². The second-order valence-corrected chi connectivity index (χ2v) is 5.29. The maximum absolute atomic E-state index is 9.82. The minimum atomic E-state index is -0.196. The van der Waals surface area contributed by atoms with Crippen LogP contribution < -0.4 is 5.73 Å². The van der Waals surface area contributed by atoms with E-state index in [9.17, 15) is 5.11 Å². The van der Waals surface area contributed by atoms with Gasteiger partial charge in [-0.15, -0.1) is 0 Å². The SMILES string of the molecule is CC(C)C[C@H](N)c1c(Br)ccc(Cl)c1O. The standard InChI is InChI=1S/C11H15BrClNO/c1-6(2)5-9(14)10-7(12)3-4-8(13)11(10)15/h3-4,6,9,15H,5,14H2,1-2H3/t9-/m0/s1. The Morgan fingerprint density at radius 2 is 2.07 bits per heavy atom. The molecule has 1 aromatic rings. The van der Waals surface area contributed by atoms with Crippen molar-refractivity contribution in [2.75, 3.05) is 0 Å². The van der Waals surface area contributed by atoms with Gasteiger partial charge in [-0.1, -0.05) is 41.4 Å². The second kappa shape index (κ2) is 5.19. The second-order valence-electron chi connectivity index (χ2n) is 4.03. The molecule has 0 spiro atoms. The summed E-state index contributed by atoms with van der Waals surface area (Å²) < 4.78 is 0.803. The Balaban J connectivity index is 3.07. The van der Waals surface area contributed by atoms with E-state index in [2.05, 4.69) is 29.8 Å². The number of hydrogen-bond donors (Lipinski definition) is 2. The van der Waals surface area contributed by atoms with Crippen LogP contribution in [0.5, 0.6) is 5.75 Å². The van der Waals surface area contributed by atoms with Gasteiger partial charge < -0.3 is 10.8 Å². The Kier molecular flexibility index (Phi) is 4.44. The van der Waals surface area contributed by atoms with Crippen LogP contribution in [0.4, 0.5) is 0 Å². The number of hydrogen-bond acceptors (Lipinski definition) is 2. The van der Waals surface area contributed by atoms with E-state index in [1.165, 1.54) is 0 Å². The van der Waals surface area contributed by atoms with Gasteiger partial charge in [0.2, 0.25) is 0 Å². The number of rotatable bonds is 3. The van der Waals surface area contributed by atoms with E-state index in [1.54, 1.807) is 12.1 Å². The first-order chi connectivity index (χ1) is 6.93. The van der Waals surface area contributed by atoms with Gasteiger partial charge in [0.15, 0.2) is 0 Å². The molecule has 0 amide bonds. The van der Waals surface area contributed by atoms with Crippen molar-refractivity contribution in [2.45, 2.75) is 26.3 Å². The number of aromatic hydroxyl groups is 1. The van der Waals surface area contributed by atoms with Gasteiger partial charge in [0.05, 0.1) is 5.02 Å². The molecule has 0 aromatic heterocycles. The van der Waals surface area contributed by atoms with Gasteiger partial charge in [-0.25, -0.2) is 0 Å². The van der Waals surface area contributed by atoms with Crippen molar-refractivity contribution in [2.24, 2.45) is 11.7 Å². The Morgan fingerprint density at radius 3 is 2.60 bits per heavy atom. The summed E-state index contributed by atoms with van der Waals surface area (Å²) in [5.41, 5.74) is 6.71. The van der Waals surface area contributed by atoms with E-state index in [-0.39, 0.29) is 11.8 Å². The molecule has 1 rings (SSSR count). The Morgan fingerprint density at radius 1 is 1.47 bits per heavy atom. The zero-order chi connectivity index (χ0) is 11.6. The third kappa shape index (κ3) is 3.10. The summed E-state index contributed by atoms with van der Waals surface area (Å²) in [5.74, 6) is 0.560. The molecule has 1 aromatic carbocycles. The van der Waals surface area contributed by atoms with Crippen molar-refractivity contribution < 1.29 is 5.11 Å². The molecule has 2 nitrogen and oxygen atoms in total. The first-order valence-electron chi connectivity index (χ1n) is 4.86.